The molecule has 28 rings (SSSR count). The van der Waals surface area contributed by atoms with Crippen LogP contribution in [0, 0.1) is 52.3 Å². The van der Waals surface area contributed by atoms with Crippen molar-refractivity contribution in [3.63, 3.8) is 0 Å². The Labute approximate surface area is 854 Å². The van der Waals surface area contributed by atoms with E-state index < -0.39 is 5.60 Å². The minimum Gasteiger partial charge on any atom is -0.459 e. The Hall–Kier alpha value is -15.7. The van der Waals surface area contributed by atoms with E-state index in [-0.39, 0.29) is 47.1 Å². The van der Waals surface area contributed by atoms with E-state index in [0.29, 0.717) is 71.4 Å². The van der Waals surface area contributed by atoms with Crippen LogP contribution in [0.25, 0.3) is 83.5 Å². The molecule has 1 amide bonds. The molecule has 3 fully saturated rings. The van der Waals surface area contributed by atoms with Gasteiger partial charge in [-0.3, -0.25) is 73.7 Å². The number of hydrogen-bond acceptors (Lipinski definition) is 21. The summed E-state index contributed by atoms with van der Waals surface area (Å²) in [6, 6.07) is 28.8. The van der Waals surface area contributed by atoms with E-state index in [2.05, 4.69) is 157 Å². The summed E-state index contributed by atoms with van der Waals surface area (Å²) in [5, 5.41) is 17.0. The summed E-state index contributed by atoms with van der Waals surface area (Å²) < 4.78 is 21.0. The monoisotopic (exact) mass is 1940 g/mol. The number of ether oxygens (including phenoxy) is 1. The maximum absolute atomic E-state index is 15.1. The van der Waals surface area contributed by atoms with Gasteiger partial charge in [0.1, 0.15) is 11.5 Å². The average Bonchev–Trinajstić information content (AvgIpc) is 1.58. The van der Waals surface area contributed by atoms with Crippen molar-refractivity contribution in [1.29, 1.82) is 0 Å². The highest BCUT2D eigenvalue weighted by Gasteiger charge is 2.56. The molecule has 1 spiro atoms. The first-order chi connectivity index (χ1) is 71.7. The van der Waals surface area contributed by atoms with Crippen LogP contribution in [0.4, 0.5) is 32.8 Å². The summed E-state index contributed by atoms with van der Waals surface area (Å²) in [6.07, 6.45) is 54.5. The molecule has 10 aromatic rings. The molecule has 0 unspecified atom stereocenters. The lowest BCUT2D eigenvalue weighted by Gasteiger charge is -2.26. The number of allylic oxidation sites excluding steroid dienone is 15. The van der Waals surface area contributed by atoms with Gasteiger partial charge in [0.25, 0.3) is 5.91 Å². The van der Waals surface area contributed by atoms with E-state index in [1.165, 1.54) is 82.1 Å². The number of fused-ring (bicyclic) bond motifs is 10. The first-order valence-corrected chi connectivity index (χ1v) is 52.3. The highest BCUT2D eigenvalue weighted by Crippen LogP contribution is 2.52. The molecular weight excluding hydrogens is 1830 g/mol. The van der Waals surface area contributed by atoms with Crippen LogP contribution in [-0.2, 0) is 86.6 Å². The molecule has 18 aliphatic rings. The van der Waals surface area contributed by atoms with Gasteiger partial charge in [-0.15, -0.1) is 0 Å². The van der Waals surface area contributed by atoms with Crippen LogP contribution < -0.4 is 31.3 Å². The molecule has 23 heteroatoms. The van der Waals surface area contributed by atoms with E-state index in [0.717, 1.165) is 308 Å². The highest BCUT2D eigenvalue weighted by atomic mass is 19.1. The molecule has 15 heterocycles. The quantitative estimate of drug-likeness (QED) is 0.0670. The molecule has 5 aromatic carbocycles. The van der Waals surface area contributed by atoms with Gasteiger partial charge in [-0.25, -0.2) is 9.37 Å². The zero-order chi connectivity index (χ0) is 100. The van der Waals surface area contributed by atoms with Crippen LogP contribution in [0.2, 0.25) is 0 Å². The number of aliphatic imine (C=N–C) groups is 5. The van der Waals surface area contributed by atoms with Crippen molar-refractivity contribution in [2.45, 2.75) is 208 Å². The summed E-state index contributed by atoms with van der Waals surface area (Å²) in [5.74, 6) is 2.11. The molecular formula is C124H114FN15O7. The minimum atomic E-state index is -0.709. The van der Waals surface area contributed by atoms with E-state index in [1.54, 1.807) is 18.5 Å². The number of pyridine rings is 5. The SMILES string of the molecule is CC/C(C1=CN=CC1)=C1/C(=O)Cc2ccc(-c3cnc4c(c3C)NCCC4)cc21.Cc1c(-c2cc(F)c3c(c2)/C(=C/C2=CN=C(C4CC4)C2)C(=O)C3)cnc2c1NCCC2.Cc1c(-c2ccc3c(c2)/C(=C/C2=CN=C(C4CC4)C2)C(=O)C3)cnc2c1NCCC2.Cc1c(-c2ccc3c(c2)/C(=C/C2=CN=CC2)C(=O)C3)cnc2c1NCCC2.Cc1c(-c2ccc3c(c2)/C(=C/C2=NC=CC2)C(=O)C3)cnc2c1NC(=O)C1(CC1)O2. The maximum Gasteiger partial charge on any atom is 0.268 e. The van der Waals surface area contributed by atoms with Gasteiger partial charge in [-0.1, -0.05) is 61.5 Å². The zero-order valence-electron chi connectivity index (χ0n) is 83.8. The van der Waals surface area contributed by atoms with Crippen molar-refractivity contribution in [1.82, 2.24) is 24.9 Å². The van der Waals surface area contributed by atoms with Crippen molar-refractivity contribution in [3.05, 3.63) is 317 Å². The number of rotatable bonds is 13. The Morgan fingerprint density at radius 3 is 1.25 bits per heavy atom. The fourth-order valence-electron chi connectivity index (χ4n) is 23.4. The van der Waals surface area contributed by atoms with E-state index in [4.69, 9.17) is 19.7 Å². The normalized spacial score (nSPS) is 20.4. The van der Waals surface area contributed by atoms with Gasteiger partial charge in [0.05, 0.1) is 45.5 Å². The number of halogens is 1. The molecule has 8 aliphatic carbocycles. The highest BCUT2D eigenvalue weighted by molar-refractivity contribution is 6.31. The van der Waals surface area contributed by atoms with E-state index in [9.17, 15) is 28.8 Å². The Kier molecular flexibility index (Phi) is 24.7. The third kappa shape index (κ3) is 18.1. The molecule has 10 aliphatic heterocycles. The predicted molar refractivity (Wildman–Crippen MR) is 582 cm³/mol. The first-order valence-electron chi connectivity index (χ1n) is 52.3. The zero-order valence-corrected chi connectivity index (χ0v) is 83.8. The molecule has 147 heavy (non-hydrogen) atoms. The van der Waals surface area contributed by atoms with Gasteiger partial charge in [0, 0.05) is 256 Å². The Balaban J connectivity index is 0.0000000984. The molecule has 0 saturated heterocycles. The predicted octanol–water partition coefficient (Wildman–Crippen LogP) is 23.4. The number of aromatic nitrogens is 5. The molecule has 3 saturated carbocycles. The summed E-state index contributed by atoms with van der Waals surface area (Å²) in [5.41, 5.74) is 47.8. The first kappa shape index (κ1) is 93.7. The van der Waals surface area contributed by atoms with Crippen molar-refractivity contribution >= 4 is 121 Å². The minimum absolute atomic E-state index is 0.0197. The number of ketones is 5. The molecule has 5 N–H and O–H groups in total. The number of benzene rings is 5. The Bertz CT molecular complexity index is 7990. The van der Waals surface area contributed by atoms with Gasteiger partial charge in [-0.2, -0.15) is 0 Å². The second-order valence-electron chi connectivity index (χ2n) is 41.7. The van der Waals surface area contributed by atoms with Crippen molar-refractivity contribution in [2.24, 2.45) is 36.8 Å². The third-order valence-electron chi connectivity index (χ3n) is 32.0. The summed E-state index contributed by atoms with van der Waals surface area (Å²) in [4.78, 5) is 121. The fourth-order valence-corrected chi connectivity index (χ4v) is 23.4. The van der Waals surface area contributed by atoms with Crippen LogP contribution in [0.5, 0.6) is 5.88 Å². The smallest absolute Gasteiger partial charge is 0.268 e. The van der Waals surface area contributed by atoms with Gasteiger partial charge >= 0.3 is 0 Å². The molecule has 0 radical (unpaired) electrons. The molecule has 0 atom stereocenters. The molecule has 22 nitrogen and oxygen atoms in total. The molecule has 5 aromatic heterocycles. The standard InChI is InChI=1S/C26H24FN3O.C26H25N3O.C25H25N3O.C24H19N3O3.C23H21N3O/c1-14-21(13-30-23-3-2-6-28-26(14)23)17-9-18-19(22(27)10-17)11-25(31)20(18)7-15-8-24(29-12-15)16-4-5-16;1-15-22(14-29-23-3-2-8-27-26(15)23)18-6-7-19-12-25(30)21(20(19)11-18)9-16-10-24(28-13-16)17-4-5-17;1-3-19(18-8-10-26-13-18)24-20-11-16(6-7-17(20)12-23(24)29)21-14-28-22-5-4-9-27-25(22)15(21)2;1-13-19(12-26-22-21(13)27-23(29)24(30-22)6-7-24)14-4-5-15-10-20(28)18(17(15)9-14)11-16-3-2-8-25-16;1-14-20(13-26-21-3-2-7-25-23(14)21)16-4-5-17-11-22(27)19(18(17)10-16)9-15-6-8-24-12-15/h7,9-10,12-13,16,28H,2-6,8,11H2,1H3;6-7,9,11,13-14,17,27H,2-5,8,10,12H2,1H3;6-7,10-11,13-14,27H,3-5,8-9,12H2,1-2H3;2,4-5,8-9,11-12H,3,6-7,10H2,1H3,(H,27,29);4-5,8-10,12-13,25H,2-3,6-7,11H2,1H3/b20-7-;21-9-;24-19-;18-11-;19-9-. The number of hydrogen-bond donors (Lipinski definition) is 5. The lowest BCUT2D eigenvalue weighted by atomic mass is 9.90. The Morgan fingerprint density at radius 2 is 0.816 bits per heavy atom. The van der Waals surface area contributed by atoms with Crippen LogP contribution in [0.1, 0.15) is 216 Å². The lowest BCUT2D eigenvalue weighted by Crippen LogP contribution is -2.39. The molecule has 734 valence electrons. The van der Waals surface area contributed by atoms with Gasteiger partial charge in [0.15, 0.2) is 34.5 Å². The van der Waals surface area contributed by atoms with Crippen LogP contribution in [-0.4, -0.2) is 121 Å². The maximum atomic E-state index is 15.1. The van der Waals surface area contributed by atoms with E-state index in [1.807, 2.05) is 118 Å². The fraction of sp³-hybridized carbons (Fsp3) is 0.306. The number of carbonyl (C=O) groups excluding carboxylic acids is 6. The molecule has 0 bridgehead atoms. The second-order valence-corrected chi connectivity index (χ2v) is 41.7. The lowest BCUT2D eigenvalue weighted by molar-refractivity contribution is -0.125. The van der Waals surface area contributed by atoms with Crippen molar-refractivity contribution in [2.75, 3.05) is 52.8 Å². The van der Waals surface area contributed by atoms with Crippen LogP contribution in [0.3, 0.4) is 0 Å². The number of Topliss-reactive ketones (excluding diaryl/α,β-unsaturated/α-hetero) is 5. The third-order valence-corrected chi connectivity index (χ3v) is 32.0. The van der Waals surface area contributed by atoms with Crippen molar-refractivity contribution in [3.8, 4) is 61.5 Å². The number of anilines is 5. The number of nitrogens with one attached hydrogen (secondary N) is 5. The largest absolute Gasteiger partial charge is 0.459 e. The Morgan fingerprint density at radius 1 is 0.408 bits per heavy atom. The second kappa shape index (κ2) is 38.7. The van der Waals surface area contributed by atoms with Crippen LogP contribution in [0.15, 0.2) is 230 Å². The summed E-state index contributed by atoms with van der Waals surface area (Å²) in [7, 11) is 0. The number of carbonyl (C=O) groups is 6. The van der Waals surface area contributed by atoms with Crippen molar-refractivity contribution < 1.29 is 37.9 Å². The summed E-state index contributed by atoms with van der Waals surface area (Å²) in [6.45, 7) is 16.6. The van der Waals surface area contributed by atoms with E-state index >= 15 is 4.39 Å². The van der Waals surface area contributed by atoms with Gasteiger partial charge < -0.3 is 31.3 Å². The van der Waals surface area contributed by atoms with Gasteiger partial charge in [-0.05, 0) is 324 Å². The number of aryl methyl sites for hydroxylation is 4. The number of amides is 1. The summed E-state index contributed by atoms with van der Waals surface area (Å²) >= 11 is 0. The number of nitrogens with zero attached hydrogens (tertiary/aromatic N) is 10. The average molecular weight is 1950 g/mol. The topological polar surface area (TPSA) is 298 Å². The van der Waals surface area contributed by atoms with Gasteiger partial charge in [0.2, 0.25) is 5.88 Å². The van der Waals surface area contributed by atoms with Crippen LogP contribution >= 0.6 is 0 Å².